The van der Waals surface area contributed by atoms with Crippen molar-refractivity contribution in [2.75, 3.05) is 32.8 Å². The number of benzene rings is 2. The van der Waals surface area contributed by atoms with Crippen LogP contribution in [0.15, 0.2) is 61.1 Å². The van der Waals surface area contributed by atoms with Crippen LogP contribution >= 0.6 is 0 Å². The molecule has 2 aromatic carbocycles. The van der Waals surface area contributed by atoms with Crippen LogP contribution < -0.4 is 5.32 Å². The monoisotopic (exact) mass is 478 g/mol. The first-order valence-electron chi connectivity index (χ1n) is 11.2. The Morgan fingerprint density at radius 3 is 2.34 bits per heavy atom. The van der Waals surface area contributed by atoms with E-state index in [9.17, 15) is 14.4 Å². The summed E-state index contributed by atoms with van der Waals surface area (Å²) < 4.78 is 7.11. The number of ether oxygens (including phenoxy) is 1. The molecule has 35 heavy (non-hydrogen) atoms. The average Bonchev–Trinajstić information content (AvgIpc) is 3.45. The largest absolute Gasteiger partial charge is 0.480 e. The molecule has 0 spiro atoms. The Kier molecular flexibility index (Phi) is 7.41. The maximum absolute atomic E-state index is 12.4. The van der Waals surface area contributed by atoms with Crippen molar-refractivity contribution in [3.63, 3.8) is 0 Å². The molecule has 1 aliphatic rings. The Balaban J connectivity index is 1.27. The number of hydrogen-bond donors (Lipinski definition) is 3. The zero-order chi connectivity index (χ0) is 24.8. The summed E-state index contributed by atoms with van der Waals surface area (Å²) in [7, 11) is 0. The number of nitrogens with zero attached hydrogens (tertiary/aromatic N) is 3. The first-order chi connectivity index (χ1) is 17.0. The number of fused-ring (bicyclic) bond motifs is 3. The zero-order valence-corrected chi connectivity index (χ0v) is 19.0. The van der Waals surface area contributed by atoms with Gasteiger partial charge in [0.25, 0.3) is 5.91 Å². The first-order valence-corrected chi connectivity index (χ1v) is 11.2. The Labute approximate surface area is 201 Å². The summed E-state index contributed by atoms with van der Waals surface area (Å²) in [4.78, 5) is 40.7. The lowest BCUT2D eigenvalue weighted by Gasteiger charge is -2.18. The van der Waals surface area contributed by atoms with Gasteiger partial charge in [-0.1, -0.05) is 48.5 Å². The molecule has 0 atom stereocenters. The molecule has 1 aromatic heterocycles. The minimum atomic E-state index is -1.18. The highest BCUT2D eigenvalue weighted by atomic mass is 16.5. The number of aliphatic carboxylic acids is 1. The molecule has 4 rings (SSSR count). The van der Waals surface area contributed by atoms with Crippen LogP contribution in [-0.2, 0) is 16.1 Å². The number of alkyl carbamates (subject to hydrolysis) is 1. The summed E-state index contributed by atoms with van der Waals surface area (Å²) in [6, 6.07) is 16.2. The van der Waals surface area contributed by atoms with Crippen molar-refractivity contribution in [2.24, 2.45) is 0 Å². The van der Waals surface area contributed by atoms with Crippen molar-refractivity contribution in [1.29, 1.82) is 0 Å². The fourth-order valence-electron chi connectivity index (χ4n) is 4.23. The molecule has 2 amide bonds. The minimum absolute atomic E-state index is 0.0250. The molecule has 10 nitrogen and oxygen atoms in total. The van der Waals surface area contributed by atoms with E-state index < -0.39 is 24.5 Å². The maximum Gasteiger partial charge on any atom is 0.407 e. The molecule has 0 saturated heterocycles. The van der Waals surface area contributed by atoms with E-state index >= 15 is 0 Å². The molecular formula is C25H26N4O6. The predicted octanol–water partition coefficient (Wildman–Crippen LogP) is 1.94. The van der Waals surface area contributed by atoms with Gasteiger partial charge in [-0.25, -0.2) is 9.78 Å². The molecule has 0 saturated carbocycles. The van der Waals surface area contributed by atoms with E-state index in [0.717, 1.165) is 27.2 Å². The zero-order valence-electron chi connectivity index (χ0n) is 19.0. The Morgan fingerprint density at radius 2 is 1.71 bits per heavy atom. The third-order valence-corrected chi connectivity index (χ3v) is 5.82. The van der Waals surface area contributed by atoms with Crippen molar-refractivity contribution in [3.05, 3.63) is 77.9 Å². The van der Waals surface area contributed by atoms with Crippen LogP contribution in [0.25, 0.3) is 11.1 Å². The summed E-state index contributed by atoms with van der Waals surface area (Å²) >= 11 is 0. The molecule has 3 aromatic rings. The number of rotatable bonds is 10. The van der Waals surface area contributed by atoms with Gasteiger partial charge in [-0.15, -0.1) is 0 Å². The summed E-state index contributed by atoms with van der Waals surface area (Å²) in [5.74, 6) is -1.80. The van der Waals surface area contributed by atoms with Gasteiger partial charge in [0.05, 0.1) is 12.9 Å². The average molecular weight is 479 g/mol. The van der Waals surface area contributed by atoms with Crippen LogP contribution in [0, 0.1) is 0 Å². The Morgan fingerprint density at radius 1 is 1.06 bits per heavy atom. The fraction of sp³-hybridized carbons (Fsp3) is 0.280. The second kappa shape index (κ2) is 10.8. The molecule has 0 fully saturated rings. The number of aliphatic hydroxyl groups is 1. The van der Waals surface area contributed by atoms with Crippen molar-refractivity contribution in [3.8, 4) is 11.1 Å². The summed E-state index contributed by atoms with van der Waals surface area (Å²) in [6.07, 6.45) is 2.34. The van der Waals surface area contributed by atoms with Gasteiger partial charge >= 0.3 is 12.1 Å². The van der Waals surface area contributed by atoms with Crippen molar-refractivity contribution >= 4 is 18.0 Å². The molecule has 0 unspecified atom stereocenters. The number of amides is 2. The predicted molar refractivity (Wildman–Crippen MR) is 126 cm³/mol. The third kappa shape index (κ3) is 5.49. The second-order valence-corrected chi connectivity index (χ2v) is 8.09. The van der Waals surface area contributed by atoms with Gasteiger partial charge in [0.2, 0.25) is 0 Å². The van der Waals surface area contributed by atoms with Gasteiger partial charge in [0, 0.05) is 31.7 Å². The SMILES string of the molecule is O=C(O)CN(CCO)C(=O)c1cn(CCNC(=O)OCC2c3ccccc3-c3ccccc32)cn1. The van der Waals surface area contributed by atoms with Gasteiger partial charge < -0.3 is 29.7 Å². The van der Waals surface area contributed by atoms with E-state index in [0.29, 0.717) is 6.54 Å². The molecule has 10 heteroatoms. The van der Waals surface area contributed by atoms with E-state index in [4.69, 9.17) is 14.9 Å². The minimum Gasteiger partial charge on any atom is -0.480 e. The number of aliphatic hydroxyl groups excluding tert-OH is 1. The van der Waals surface area contributed by atoms with Gasteiger partial charge in [0.1, 0.15) is 18.8 Å². The number of imidazole rings is 1. The van der Waals surface area contributed by atoms with Crippen LogP contribution in [-0.4, -0.2) is 75.5 Å². The number of carbonyl (C=O) groups excluding carboxylic acids is 2. The van der Waals surface area contributed by atoms with Crippen LogP contribution in [0.3, 0.4) is 0 Å². The standard InChI is InChI=1S/C25H26N4O6/c30-12-11-29(14-23(31)32)24(33)22-13-28(16-27-22)10-9-26-25(34)35-15-21-19-7-3-1-5-17(19)18-6-2-4-8-20(18)21/h1-8,13,16,21,30H,9-12,14-15H2,(H,26,34)(H,31,32). The number of hydrogen-bond acceptors (Lipinski definition) is 6. The highest BCUT2D eigenvalue weighted by Gasteiger charge is 2.29. The van der Waals surface area contributed by atoms with Gasteiger partial charge in [-0.05, 0) is 22.3 Å². The van der Waals surface area contributed by atoms with Crippen molar-refractivity contribution in [1.82, 2.24) is 19.8 Å². The summed E-state index contributed by atoms with van der Waals surface area (Å²) in [5.41, 5.74) is 4.64. The lowest BCUT2D eigenvalue weighted by Crippen LogP contribution is -2.37. The lowest BCUT2D eigenvalue weighted by atomic mass is 9.98. The van der Waals surface area contributed by atoms with Crippen molar-refractivity contribution in [2.45, 2.75) is 12.5 Å². The fourth-order valence-corrected chi connectivity index (χ4v) is 4.23. The third-order valence-electron chi connectivity index (χ3n) is 5.82. The van der Waals surface area contributed by atoms with Gasteiger partial charge in [-0.3, -0.25) is 9.59 Å². The number of carboxylic acids is 1. The number of carboxylic acid groups (broad SMARTS) is 1. The van der Waals surface area contributed by atoms with E-state index in [2.05, 4.69) is 34.6 Å². The number of aromatic nitrogens is 2. The highest BCUT2D eigenvalue weighted by molar-refractivity contribution is 5.94. The number of carbonyl (C=O) groups is 3. The topological polar surface area (TPSA) is 134 Å². The van der Waals surface area contributed by atoms with Crippen LogP contribution in [0.5, 0.6) is 0 Å². The molecular weight excluding hydrogens is 452 g/mol. The van der Waals surface area contributed by atoms with Crippen LogP contribution in [0.1, 0.15) is 27.5 Å². The van der Waals surface area contributed by atoms with E-state index in [1.165, 1.54) is 12.5 Å². The first kappa shape index (κ1) is 24.0. The maximum atomic E-state index is 12.4. The van der Waals surface area contributed by atoms with Gasteiger partial charge in [0.15, 0.2) is 0 Å². The molecule has 1 heterocycles. The molecule has 3 N–H and O–H groups in total. The van der Waals surface area contributed by atoms with E-state index in [1.54, 1.807) is 4.57 Å². The summed E-state index contributed by atoms with van der Waals surface area (Å²) in [5, 5.41) is 20.7. The van der Waals surface area contributed by atoms with Crippen LogP contribution in [0.4, 0.5) is 4.79 Å². The van der Waals surface area contributed by atoms with E-state index in [-0.39, 0.29) is 37.9 Å². The second-order valence-electron chi connectivity index (χ2n) is 8.09. The van der Waals surface area contributed by atoms with E-state index in [1.807, 2.05) is 24.3 Å². The Bertz CT molecular complexity index is 1180. The molecule has 182 valence electrons. The summed E-state index contributed by atoms with van der Waals surface area (Å²) in [6.45, 7) is -0.200. The lowest BCUT2D eigenvalue weighted by molar-refractivity contribution is -0.137. The molecule has 0 radical (unpaired) electrons. The molecule has 0 bridgehead atoms. The molecule has 0 aliphatic heterocycles. The number of nitrogens with one attached hydrogen (secondary N) is 1. The highest BCUT2D eigenvalue weighted by Crippen LogP contribution is 2.44. The Hall–Kier alpha value is -4.18. The molecule has 1 aliphatic carbocycles. The van der Waals surface area contributed by atoms with Gasteiger partial charge in [-0.2, -0.15) is 0 Å². The smallest absolute Gasteiger partial charge is 0.407 e. The van der Waals surface area contributed by atoms with Crippen LogP contribution in [0.2, 0.25) is 0 Å². The normalized spacial score (nSPS) is 12.0. The quantitative estimate of drug-likeness (QED) is 0.405. The van der Waals surface area contributed by atoms with Crippen molar-refractivity contribution < 1.29 is 29.3 Å².